The van der Waals surface area contributed by atoms with Gasteiger partial charge in [0, 0.05) is 25.1 Å². The number of rotatable bonds is 7. The Morgan fingerprint density at radius 2 is 2.05 bits per heavy atom. The molecular formula is C13H23N5O2. The van der Waals surface area contributed by atoms with Gasteiger partial charge in [-0.2, -0.15) is 15.0 Å². The van der Waals surface area contributed by atoms with Crippen molar-refractivity contribution in [2.45, 2.75) is 38.6 Å². The molecule has 20 heavy (non-hydrogen) atoms. The third kappa shape index (κ3) is 3.69. The molecule has 1 fully saturated rings. The van der Waals surface area contributed by atoms with Crippen LogP contribution in [-0.2, 0) is 0 Å². The summed E-state index contributed by atoms with van der Waals surface area (Å²) in [5.41, 5.74) is 0. The van der Waals surface area contributed by atoms with Crippen molar-refractivity contribution in [3.8, 4) is 6.01 Å². The Morgan fingerprint density at radius 3 is 2.75 bits per heavy atom. The van der Waals surface area contributed by atoms with E-state index in [1.807, 2.05) is 0 Å². The predicted octanol–water partition coefficient (Wildman–Crippen LogP) is 1.27. The highest BCUT2D eigenvalue weighted by Gasteiger charge is 2.27. The van der Waals surface area contributed by atoms with Gasteiger partial charge >= 0.3 is 6.01 Å². The fraction of sp³-hybridized carbons (Fsp3) is 0.769. The SMILES string of the molecule is CCCNc1nc(NC2CCCC2CO)nc(OC)n1. The van der Waals surface area contributed by atoms with Crippen molar-refractivity contribution >= 4 is 11.9 Å². The number of nitrogens with one attached hydrogen (secondary N) is 2. The van der Waals surface area contributed by atoms with E-state index in [1.165, 1.54) is 7.11 Å². The van der Waals surface area contributed by atoms with Crippen LogP contribution in [0.5, 0.6) is 6.01 Å². The molecule has 112 valence electrons. The van der Waals surface area contributed by atoms with Crippen molar-refractivity contribution in [2.24, 2.45) is 5.92 Å². The number of aliphatic hydroxyl groups is 1. The molecule has 2 unspecified atom stereocenters. The normalized spacial score (nSPS) is 21.8. The average molecular weight is 281 g/mol. The number of hydrogen-bond acceptors (Lipinski definition) is 7. The summed E-state index contributed by atoms with van der Waals surface area (Å²) in [6.07, 6.45) is 4.17. The first-order valence-electron chi connectivity index (χ1n) is 7.18. The summed E-state index contributed by atoms with van der Waals surface area (Å²) in [6, 6.07) is 0.505. The molecule has 0 saturated heterocycles. The van der Waals surface area contributed by atoms with Gasteiger partial charge < -0.3 is 20.5 Å². The third-order valence-corrected chi connectivity index (χ3v) is 3.54. The van der Waals surface area contributed by atoms with Crippen LogP contribution in [0.25, 0.3) is 0 Å². The second kappa shape index (κ2) is 7.23. The van der Waals surface area contributed by atoms with E-state index < -0.39 is 0 Å². The van der Waals surface area contributed by atoms with Gasteiger partial charge in [0.25, 0.3) is 0 Å². The highest BCUT2D eigenvalue weighted by atomic mass is 16.5. The van der Waals surface area contributed by atoms with Gasteiger partial charge in [-0.05, 0) is 19.3 Å². The largest absolute Gasteiger partial charge is 0.467 e. The molecule has 1 aliphatic rings. The van der Waals surface area contributed by atoms with Crippen LogP contribution in [0.2, 0.25) is 0 Å². The number of methoxy groups -OCH3 is 1. The molecule has 1 aliphatic carbocycles. The fourth-order valence-electron chi connectivity index (χ4n) is 2.44. The number of nitrogens with zero attached hydrogens (tertiary/aromatic N) is 3. The van der Waals surface area contributed by atoms with Crippen LogP contribution in [0.15, 0.2) is 0 Å². The van der Waals surface area contributed by atoms with E-state index >= 15 is 0 Å². The lowest BCUT2D eigenvalue weighted by atomic mass is 10.1. The van der Waals surface area contributed by atoms with E-state index in [0.29, 0.717) is 17.9 Å². The van der Waals surface area contributed by atoms with Crippen LogP contribution in [0, 0.1) is 5.92 Å². The minimum atomic E-state index is 0.195. The van der Waals surface area contributed by atoms with Gasteiger partial charge in [0.1, 0.15) is 0 Å². The Labute approximate surface area is 119 Å². The summed E-state index contributed by atoms with van der Waals surface area (Å²) in [6.45, 7) is 3.07. The molecule has 0 amide bonds. The molecule has 3 N–H and O–H groups in total. The van der Waals surface area contributed by atoms with Crippen LogP contribution >= 0.6 is 0 Å². The summed E-state index contributed by atoms with van der Waals surface area (Å²) >= 11 is 0. The molecule has 1 heterocycles. The first-order chi connectivity index (χ1) is 9.76. The molecule has 2 atom stereocenters. The van der Waals surface area contributed by atoms with E-state index in [1.54, 1.807) is 0 Å². The summed E-state index contributed by atoms with van der Waals surface area (Å²) in [7, 11) is 1.54. The first kappa shape index (κ1) is 14.8. The third-order valence-electron chi connectivity index (χ3n) is 3.54. The zero-order valence-corrected chi connectivity index (χ0v) is 12.1. The van der Waals surface area contributed by atoms with Crippen molar-refractivity contribution in [3.05, 3.63) is 0 Å². The Bertz CT molecular complexity index is 429. The van der Waals surface area contributed by atoms with E-state index in [4.69, 9.17) is 4.74 Å². The van der Waals surface area contributed by atoms with Crippen LogP contribution in [0.1, 0.15) is 32.6 Å². The van der Waals surface area contributed by atoms with Crippen molar-refractivity contribution in [1.29, 1.82) is 0 Å². The van der Waals surface area contributed by atoms with Crippen molar-refractivity contribution in [3.63, 3.8) is 0 Å². The van der Waals surface area contributed by atoms with Gasteiger partial charge in [0.2, 0.25) is 11.9 Å². The predicted molar refractivity (Wildman–Crippen MR) is 77.0 cm³/mol. The Kier molecular flexibility index (Phi) is 5.34. The summed E-state index contributed by atoms with van der Waals surface area (Å²) < 4.78 is 5.10. The summed E-state index contributed by atoms with van der Waals surface area (Å²) in [4.78, 5) is 12.7. The van der Waals surface area contributed by atoms with Gasteiger partial charge in [0.05, 0.1) is 7.11 Å². The minimum absolute atomic E-state index is 0.195. The zero-order valence-electron chi connectivity index (χ0n) is 12.1. The minimum Gasteiger partial charge on any atom is -0.467 e. The number of anilines is 2. The van der Waals surface area contributed by atoms with Gasteiger partial charge in [-0.25, -0.2) is 0 Å². The zero-order chi connectivity index (χ0) is 14.4. The Balaban J connectivity index is 2.09. The van der Waals surface area contributed by atoms with Crippen molar-refractivity contribution in [1.82, 2.24) is 15.0 Å². The van der Waals surface area contributed by atoms with E-state index in [-0.39, 0.29) is 18.6 Å². The van der Waals surface area contributed by atoms with E-state index in [9.17, 15) is 5.11 Å². The molecule has 0 radical (unpaired) electrons. The molecule has 0 aromatic carbocycles. The lowest BCUT2D eigenvalue weighted by Gasteiger charge is -2.19. The second-order valence-corrected chi connectivity index (χ2v) is 5.02. The number of ether oxygens (including phenoxy) is 1. The number of aliphatic hydroxyl groups excluding tert-OH is 1. The van der Waals surface area contributed by atoms with Crippen LogP contribution < -0.4 is 15.4 Å². The van der Waals surface area contributed by atoms with Crippen LogP contribution in [0.3, 0.4) is 0 Å². The standard InChI is InChI=1S/C13H23N5O2/c1-3-7-14-11-16-12(18-13(17-11)20-2)15-10-6-4-5-9(10)8-19/h9-10,19H,3-8H2,1-2H3,(H2,14,15,16,17,18). The van der Waals surface area contributed by atoms with Gasteiger partial charge in [-0.3, -0.25) is 0 Å². The monoisotopic (exact) mass is 281 g/mol. The first-order valence-corrected chi connectivity index (χ1v) is 7.18. The smallest absolute Gasteiger partial charge is 0.322 e. The maximum absolute atomic E-state index is 9.36. The maximum atomic E-state index is 9.36. The molecule has 7 heteroatoms. The van der Waals surface area contributed by atoms with Crippen molar-refractivity contribution in [2.75, 3.05) is 30.9 Å². The average Bonchev–Trinajstić information content (AvgIpc) is 2.92. The summed E-state index contributed by atoms with van der Waals surface area (Å²) in [5.74, 6) is 1.28. The van der Waals surface area contributed by atoms with Gasteiger partial charge in [-0.15, -0.1) is 0 Å². The maximum Gasteiger partial charge on any atom is 0.322 e. The second-order valence-electron chi connectivity index (χ2n) is 5.02. The molecule has 0 aliphatic heterocycles. The van der Waals surface area contributed by atoms with Gasteiger partial charge in [-0.1, -0.05) is 13.3 Å². The highest BCUT2D eigenvalue weighted by Crippen LogP contribution is 2.27. The molecule has 1 aromatic heterocycles. The molecule has 1 aromatic rings. The highest BCUT2D eigenvalue weighted by molar-refractivity contribution is 5.37. The van der Waals surface area contributed by atoms with Crippen LogP contribution in [0.4, 0.5) is 11.9 Å². The van der Waals surface area contributed by atoms with Crippen molar-refractivity contribution < 1.29 is 9.84 Å². The van der Waals surface area contributed by atoms with Gasteiger partial charge in [0.15, 0.2) is 0 Å². The van der Waals surface area contributed by atoms with E-state index in [0.717, 1.165) is 32.2 Å². The topological polar surface area (TPSA) is 92.2 Å². The fourth-order valence-corrected chi connectivity index (χ4v) is 2.44. The Morgan fingerprint density at radius 1 is 1.25 bits per heavy atom. The lowest BCUT2D eigenvalue weighted by Crippen LogP contribution is -2.27. The Hall–Kier alpha value is -1.63. The van der Waals surface area contributed by atoms with E-state index in [2.05, 4.69) is 32.5 Å². The lowest BCUT2D eigenvalue weighted by molar-refractivity contribution is 0.222. The molecule has 1 saturated carbocycles. The molecule has 0 spiro atoms. The number of hydrogen-bond donors (Lipinski definition) is 3. The number of aromatic nitrogens is 3. The molecule has 0 bridgehead atoms. The molecule has 2 rings (SSSR count). The summed E-state index contributed by atoms with van der Waals surface area (Å²) in [5, 5.41) is 15.8. The molecule has 7 nitrogen and oxygen atoms in total. The van der Waals surface area contributed by atoms with Crippen LogP contribution in [-0.4, -0.2) is 46.4 Å². The quantitative estimate of drug-likeness (QED) is 0.693. The molecular weight excluding hydrogens is 258 g/mol.